The number of primary amides is 1. The Balaban J connectivity index is 1.66. The van der Waals surface area contributed by atoms with Gasteiger partial charge in [-0.25, -0.2) is 4.98 Å². The highest BCUT2D eigenvalue weighted by Crippen LogP contribution is 2.18. The van der Waals surface area contributed by atoms with Gasteiger partial charge in [-0.2, -0.15) is 0 Å². The maximum Gasteiger partial charge on any atom is 0.262 e. The standard InChI is InChI=1S/C24H28N4O2/c1-16(2)18-9-7-17(8-10-18)13-27(19-11-12-19)15-23-26-21-6-4-3-5-20(21)24(30)28(23)14-22(25)29/h3-10,16,19H,11-15H2,1-2H3,(H2,25,29)/p+1. The summed E-state index contributed by atoms with van der Waals surface area (Å²) in [5.74, 6) is 0.599. The second kappa shape index (κ2) is 8.40. The van der Waals surface area contributed by atoms with Crippen LogP contribution in [0.5, 0.6) is 0 Å². The first-order valence-corrected chi connectivity index (χ1v) is 10.6. The van der Waals surface area contributed by atoms with Gasteiger partial charge in [0.2, 0.25) is 5.91 Å². The van der Waals surface area contributed by atoms with E-state index in [-0.39, 0.29) is 12.1 Å². The number of amides is 1. The summed E-state index contributed by atoms with van der Waals surface area (Å²) in [7, 11) is 0. The molecule has 1 saturated carbocycles. The van der Waals surface area contributed by atoms with E-state index in [4.69, 9.17) is 10.7 Å². The second-order valence-corrected chi connectivity index (χ2v) is 8.59. The molecule has 0 bridgehead atoms. The number of hydrogen-bond donors (Lipinski definition) is 2. The predicted molar refractivity (Wildman–Crippen MR) is 117 cm³/mol. The number of aromatic nitrogens is 2. The molecule has 1 fully saturated rings. The molecule has 0 spiro atoms. The number of benzene rings is 2. The van der Waals surface area contributed by atoms with Gasteiger partial charge in [-0.1, -0.05) is 50.2 Å². The molecule has 4 rings (SSSR count). The fourth-order valence-corrected chi connectivity index (χ4v) is 4.00. The number of carbonyl (C=O) groups is 1. The molecule has 1 heterocycles. The molecule has 0 aliphatic heterocycles. The third-order valence-corrected chi connectivity index (χ3v) is 5.87. The molecule has 3 aromatic rings. The van der Waals surface area contributed by atoms with Crippen LogP contribution in [0.25, 0.3) is 10.9 Å². The lowest BCUT2D eigenvalue weighted by atomic mass is 10.0. The molecule has 1 atom stereocenters. The van der Waals surface area contributed by atoms with Crippen LogP contribution in [0.2, 0.25) is 0 Å². The van der Waals surface area contributed by atoms with Crippen molar-refractivity contribution in [1.29, 1.82) is 0 Å². The van der Waals surface area contributed by atoms with Crippen molar-refractivity contribution < 1.29 is 9.69 Å². The van der Waals surface area contributed by atoms with Crippen LogP contribution >= 0.6 is 0 Å². The number of rotatable bonds is 8. The zero-order valence-corrected chi connectivity index (χ0v) is 17.6. The minimum absolute atomic E-state index is 0.146. The van der Waals surface area contributed by atoms with Crippen LogP contribution in [0.4, 0.5) is 0 Å². The summed E-state index contributed by atoms with van der Waals surface area (Å²) in [5, 5.41) is 0.514. The first-order valence-electron chi connectivity index (χ1n) is 10.6. The van der Waals surface area contributed by atoms with Crippen LogP contribution in [0.3, 0.4) is 0 Å². The average molecular weight is 406 g/mol. The Kier molecular flexibility index (Phi) is 5.68. The highest BCUT2D eigenvalue weighted by molar-refractivity contribution is 5.78. The molecule has 1 aromatic heterocycles. The minimum atomic E-state index is -0.535. The normalized spacial score (nSPS) is 14.9. The molecule has 1 amide bonds. The van der Waals surface area contributed by atoms with Crippen LogP contribution in [0, 0.1) is 0 Å². The van der Waals surface area contributed by atoms with E-state index in [9.17, 15) is 9.59 Å². The van der Waals surface area contributed by atoms with Crippen molar-refractivity contribution in [1.82, 2.24) is 9.55 Å². The lowest BCUT2D eigenvalue weighted by Gasteiger charge is -2.21. The Morgan fingerprint density at radius 2 is 1.83 bits per heavy atom. The summed E-state index contributed by atoms with van der Waals surface area (Å²) in [4.78, 5) is 30.8. The summed E-state index contributed by atoms with van der Waals surface area (Å²) in [6.07, 6.45) is 2.35. The molecule has 0 radical (unpaired) electrons. The van der Waals surface area contributed by atoms with Crippen molar-refractivity contribution in [2.24, 2.45) is 5.73 Å². The Bertz CT molecular complexity index is 1110. The number of nitrogens with two attached hydrogens (primary N) is 1. The Morgan fingerprint density at radius 3 is 2.47 bits per heavy atom. The summed E-state index contributed by atoms with van der Waals surface area (Å²) in [5.41, 5.74) is 8.50. The van der Waals surface area contributed by atoms with Gasteiger partial charge < -0.3 is 10.6 Å². The van der Waals surface area contributed by atoms with Crippen molar-refractivity contribution in [3.05, 3.63) is 75.8 Å². The van der Waals surface area contributed by atoms with E-state index in [2.05, 4.69) is 38.1 Å². The van der Waals surface area contributed by atoms with Gasteiger partial charge in [0.25, 0.3) is 5.56 Å². The molecule has 6 heteroatoms. The lowest BCUT2D eigenvalue weighted by molar-refractivity contribution is -0.939. The van der Waals surface area contributed by atoms with Crippen LogP contribution in [0.1, 0.15) is 49.6 Å². The van der Waals surface area contributed by atoms with Crippen molar-refractivity contribution in [2.45, 2.75) is 58.3 Å². The number of hydrogen-bond acceptors (Lipinski definition) is 3. The van der Waals surface area contributed by atoms with Gasteiger partial charge in [-0.3, -0.25) is 14.2 Å². The number of para-hydroxylation sites is 1. The fraction of sp³-hybridized carbons (Fsp3) is 0.375. The molecular weight excluding hydrogens is 376 g/mol. The second-order valence-electron chi connectivity index (χ2n) is 8.59. The average Bonchev–Trinajstić information content (AvgIpc) is 3.56. The quantitative estimate of drug-likeness (QED) is 0.599. The van der Waals surface area contributed by atoms with E-state index >= 15 is 0 Å². The van der Waals surface area contributed by atoms with Gasteiger partial charge in [0, 0.05) is 18.4 Å². The van der Waals surface area contributed by atoms with Crippen LogP contribution in [-0.4, -0.2) is 21.5 Å². The Morgan fingerprint density at radius 1 is 1.13 bits per heavy atom. The van der Waals surface area contributed by atoms with Crippen LogP contribution in [0.15, 0.2) is 53.3 Å². The zero-order chi connectivity index (χ0) is 21.3. The minimum Gasteiger partial charge on any atom is -0.368 e. The number of carbonyl (C=O) groups excluding carboxylic acids is 1. The third kappa shape index (κ3) is 4.44. The third-order valence-electron chi connectivity index (χ3n) is 5.87. The lowest BCUT2D eigenvalue weighted by Crippen LogP contribution is -3.11. The van der Waals surface area contributed by atoms with Crippen LogP contribution in [-0.2, 0) is 24.4 Å². The summed E-state index contributed by atoms with van der Waals surface area (Å²) in [6.45, 7) is 5.69. The highest BCUT2D eigenvalue weighted by atomic mass is 16.2. The molecule has 1 aliphatic rings. The maximum absolute atomic E-state index is 13.0. The van der Waals surface area contributed by atoms with Crippen molar-refractivity contribution in [3.63, 3.8) is 0 Å². The molecule has 3 N–H and O–H groups in total. The van der Waals surface area contributed by atoms with E-state index in [1.807, 2.05) is 18.2 Å². The number of nitrogens with one attached hydrogen (secondary N) is 1. The number of quaternary nitrogens is 1. The van der Waals surface area contributed by atoms with Gasteiger partial charge in [-0.15, -0.1) is 0 Å². The first kappa shape index (κ1) is 20.3. The first-order chi connectivity index (χ1) is 14.4. The van der Waals surface area contributed by atoms with E-state index in [1.165, 1.54) is 33.4 Å². The smallest absolute Gasteiger partial charge is 0.262 e. The SMILES string of the molecule is CC(C)c1ccc(C[NH+](Cc2nc3ccccc3c(=O)n2CC(N)=O)C2CC2)cc1. The molecule has 2 aromatic carbocycles. The summed E-state index contributed by atoms with van der Waals surface area (Å²) in [6, 6.07) is 16.6. The van der Waals surface area contributed by atoms with Gasteiger partial charge >= 0.3 is 0 Å². The van der Waals surface area contributed by atoms with Gasteiger partial charge in [0.1, 0.15) is 19.6 Å². The van der Waals surface area contributed by atoms with E-state index in [1.54, 1.807) is 6.07 Å². The topological polar surface area (TPSA) is 82.4 Å². The predicted octanol–water partition coefficient (Wildman–Crippen LogP) is 1.75. The zero-order valence-electron chi connectivity index (χ0n) is 17.6. The van der Waals surface area contributed by atoms with E-state index < -0.39 is 5.91 Å². The Hall–Kier alpha value is -2.99. The number of nitrogens with zero attached hydrogens (tertiary/aromatic N) is 2. The molecule has 156 valence electrons. The molecular formula is C24H29N4O2+. The van der Waals surface area contributed by atoms with Crippen molar-refractivity contribution in [2.75, 3.05) is 0 Å². The van der Waals surface area contributed by atoms with Crippen molar-refractivity contribution in [3.8, 4) is 0 Å². The largest absolute Gasteiger partial charge is 0.368 e. The fourth-order valence-electron chi connectivity index (χ4n) is 4.00. The van der Waals surface area contributed by atoms with Gasteiger partial charge in [-0.05, 0) is 23.6 Å². The van der Waals surface area contributed by atoms with Gasteiger partial charge in [0.05, 0.1) is 16.9 Å². The molecule has 1 aliphatic carbocycles. The highest BCUT2D eigenvalue weighted by Gasteiger charge is 2.34. The molecule has 30 heavy (non-hydrogen) atoms. The summed E-state index contributed by atoms with van der Waals surface area (Å²) >= 11 is 0. The maximum atomic E-state index is 13.0. The van der Waals surface area contributed by atoms with Gasteiger partial charge in [0.15, 0.2) is 5.82 Å². The van der Waals surface area contributed by atoms with E-state index in [0.29, 0.717) is 35.2 Å². The molecule has 0 saturated heterocycles. The Labute approximate surface area is 176 Å². The monoisotopic (exact) mass is 405 g/mol. The number of fused-ring (bicyclic) bond motifs is 1. The summed E-state index contributed by atoms with van der Waals surface area (Å²) < 4.78 is 1.45. The van der Waals surface area contributed by atoms with E-state index in [0.717, 1.165) is 6.54 Å². The van der Waals surface area contributed by atoms with Crippen molar-refractivity contribution >= 4 is 16.8 Å². The molecule has 6 nitrogen and oxygen atoms in total. The van der Waals surface area contributed by atoms with Crippen LogP contribution < -0.4 is 16.2 Å². The molecule has 1 unspecified atom stereocenters.